The minimum Gasteiger partial charge on any atom is -0.364 e. The Hall–Kier alpha value is -1.90. The largest absolute Gasteiger partial charge is 0.364 e. The minimum absolute atomic E-state index is 0.706. The molecule has 0 saturated heterocycles. The average Bonchev–Trinajstić information content (AvgIpc) is 2.40. The van der Waals surface area contributed by atoms with Crippen molar-refractivity contribution in [2.75, 3.05) is 5.32 Å². The lowest BCUT2D eigenvalue weighted by Gasteiger charge is -2.04. The van der Waals surface area contributed by atoms with Gasteiger partial charge in [0.05, 0.1) is 12.2 Å². The van der Waals surface area contributed by atoms with Crippen LogP contribution in [0.5, 0.6) is 0 Å². The Balaban J connectivity index is 0.000000686. The molecular formula is C14H19N3. The highest BCUT2D eigenvalue weighted by molar-refractivity contribution is 5.37. The summed E-state index contributed by atoms with van der Waals surface area (Å²) in [4.78, 5) is 8.44. The van der Waals surface area contributed by atoms with Gasteiger partial charge in [-0.2, -0.15) is 0 Å². The van der Waals surface area contributed by atoms with Gasteiger partial charge in [0, 0.05) is 12.4 Å². The molecule has 0 aliphatic rings. The molecule has 17 heavy (non-hydrogen) atoms. The van der Waals surface area contributed by atoms with Crippen molar-refractivity contribution in [2.24, 2.45) is 0 Å². The summed E-state index contributed by atoms with van der Waals surface area (Å²) in [6.45, 7) is 6.75. The number of hydrogen-bond acceptors (Lipinski definition) is 3. The quantitative estimate of drug-likeness (QED) is 0.876. The fraction of sp³-hybridized carbons (Fsp3) is 0.286. The summed E-state index contributed by atoms with van der Waals surface area (Å²) in [5.74, 6) is 0.889. The van der Waals surface area contributed by atoms with Crippen molar-refractivity contribution in [2.45, 2.75) is 27.3 Å². The molecule has 0 bridgehead atoms. The van der Waals surface area contributed by atoms with Crippen molar-refractivity contribution in [3.8, 4) is 0 Å². The van der Waals surface area contributed by atoms with Crippen LogP contribution in [0.1, 0.15) is 25.1 Å². The maximum Gasteiger partial charge on any atom is 0.126 e. The van der Waals surface area contributed by atoms with Crippen molar-refractivity contribution >= 4 is 5.82 Å². The maximum absolute atomic E-state index is 4.23. The Morgan fingerprint density at radius 3 is 2.53 bits per heavy atom. The molecule has 0 saturated carbocycles. The zero-order valence-electron chi connectivity index (χ0n) is 10.6. The van der Waals surface area contributed by atoms with Crippen molar-refractivity contribution in [1.29, 1.82) is 0 Å². The first kappa shape index (κ1) is 13.2. The highest BCUT2D eigenvalue weighted by Gasteiger charge is 1.95. The van der Waals surface area contributed by atoms with Gasteiger partial charge >= 0.3 is 0 Å². The van der Waals surface area contributed by atoms with E-state index in [-0.39, 0.29) is 0 Å². The standard InChI is InChI=1S/C12H13N3.C2H6/c1-10-5-7-14-12(8-10)15-9-11-4-2-3-6-13-11;1-2/h2-8H,9H2,1H3,(H,14,15);1-2H3. The SMILES string of the molecule is CC.Cc1ccnc(NCc2ccccn2)c1. The topological polar surface area (TPSA) is 37.8 Å². The van der Waals surface area contributed by atoms with E-state index < -0.39 is 0 Å². The second kappa shape index (κ2) is 7.39. The maximum atomic E-state index is 4.23. The summed E-state index contributed by atoms with van der Waals surface area (Å²) in [6, 6.07) is 9.87. The monoisotopic (exact) mass is 229 g/mol. The third-order valence-electron chi connectivity index (χ3n) is 2.09. The summed E-state index contributed by atoms with van der Waals surface area (Å²) in [5, 5.41) is 3.23. The normalized spacial score (nSPS) is 9.12. The van der Waals surface area contributed by atoms with Gasteiger partial charge in [-0.3, -0.25) is 4.98 Å². The van der Waals surface area contributed by atoms with E-state index in [9.17, 15) is 0 Å². The zero-order chi connectivity index (χ0) is 12.5. The third-order valence-corrected chi connectivity index (χ3v) is 2.09. The molecule has 0 spiro atoms. The molecule has 2 aromatic rings. The summed E-state index contributed by atoms with van der Waals surface area (Å²) in [6.07, 6.45) is 3.59. The third kappa shape index (κ3) is 4.64. The molecule has 0 aromatic carbocycles. The van der Waals surface area contributed by atoms with Crippen molar-refractivity contribution in [3.63, 3.8) is 0 Å². The summed E-state index contributed by atoms with van der Waals surface area (Å²) < 4.78 is 0. The Labute approximate surface area is 103 Å². The lowest BCUT2D eigenvalue weighted by molar-refractivity contribution is 1.03. The Kier molecular flexibility index (Phi) is 5.72. The number of aromatic nitrogens is 2. The van der Waals surface area contributed by atoms with Crippen LogP contribution >= 0.6 is 0 Å². The predicted molar refractivity (Wildman–Crippen MR) is 71.9 cm³/mol. The lowest BCUT2D eigenvalue weighted by atomic mass is 10.3. The number of rotatable bonds is 3. The molecule has 3 heteroatoms. The summed E-state index contributed by atoms with van der Waals surface area (Å²) >= 11 is 0. The molecule has 0 aliphatic heterocycles. The molecule has 2 aromatic heterocycles. The second-order valence-corrected chi connectivity index (χ2v) is 3.39. The lowest BCUT2D eigenvalue weighted by Crippen LogP contribution is -2.02. The number of pyridine rings is 2. The summed E-state index contributed by atoms with van der Waals surface area (Å²) in [5.41, 5.74) is 2.22. The summed E-state index contributed by atoms with van der Waals surface area (Å²) in [7, 11) is 0. The van der Waals surface area contributed by atoms with Gasteiger partial charge in [-0.15, -0.1) is 0 Å². The van der Waals surface area contributed by atoms with E-state index in [1.807, 2.05) is 51.1 Å². The van der Waals surface area contributed by atoms with Gasteiger partial charge < -0.3 is 5.32 Å². The Morgan fingerprint density at radius 2 is 1.88 bits per heavy atom. The van der Waals surface area contributed by atoms with Gasteiger partial charge in [0.2, 0.25) is 0 Å². The molecule has 0 atom stereocenters. The van der Waals surface area contributed by atoms with Crippen LogP contribution in [-0.4, -0.2) is 9.97 Å². The van der Waals surface area contributed by atoms with Gasteiger partial charge in [-0.05, 0) is 36.8 Å². The Morgan fingerprint density at radius 1 is 1.06 bits per heavy atom. The first-order valence-electron chi connectivity index (χ1n) is 5.91. The molecule has 0 fully saturated rings. The molecule has 3 nitrogen and oxygen atoms in total. The van der Waals surface area contributed by atoms with Crippen LogP contribution in [0.25, 0.3) is 0 Å². The first-order chi connectivity index (χ1) is 8.34. The fourth-order valence-electron chi connectivity index (χ4n) is 1.32. The van der Waals surface area contributed by atoms with Gasteiger partial charge in [-0.25, -0.2) is 4.98 Å². The molecule has 0 unspecified atom stereocenters. The second-order valence-electron chi connectivity index (χ2n) is 3.39. The van der Waals surface area contributed by atoms with E-state index >= 15 is 0 Å². The predicted octanol–water partition coefficient (Wildman–Crippen LogP) is 3.42. The fourth-order valence-corrected chi connectivity index (χ4v) is 1.32. The number of nitrogens with one attached hydrogen (secondary N) is 1. The van der Waals surface area contributed by atoms with Crippen LogP contribution < -0.4 is 5.32 Å². The molecule has 0 radical (unpaired) electrons. The van der Waals surface area contributed by atoms with Gasteiger partial charge in [0.15, 0.2) is 0 Å². The Bertz CT molecular complexity index is 426. The van der Waals surface area contributed by atoms with E-state index in [1.165, 1.54) is 5.56 Å². The van der Waals surface area contributed by atoms with E-state index in [1.54, 1.807) is 12.4 Å². The average molecular weight is 229 g/mol. The smallest absolute Gasteiger partial charge is 0.126 e. The van der Waals surface area contributed by atoms with Gasteiger partial charge in [0.1, 0.15) is 5.82 Å². The van der Waals surface area contributed by atoms with E-state index in [0.717, 1.165) is 11.5 Å². The van der Waals surface area contributed by atoms with Crippen LogP contribution in [0, 0.1) is 6.92 Å². The van der Waals surface area contributed by atoms with Crippen LogP contribution in [0.3, 0.4) is 0 Å². The number of aryl methyl sites for hydroxylation is 1. The van der Waals surface area contributed by atoms with E-state index in [4.69, 9.17) is 0 Å². The molecule has 90 valence electrons. The van der Waals surface area contributed by atoms with Crippen molar-refractivity contribution < 1.29 is 0 Å². The van der Waals surface area contributed by atoms with Crippen LogP contribution in [0.2, 0.25) is 0 Å². The van der Waals surface area contributed by atoms with Crippen molar-refractivity contribution in [3.05, 3.63) is 54.0 Å². The van der Waals surface area contributed by atoms with Crippen LogP contribution in [0.4, 0.5) is 5.82 Å². The number of anilines is 1. The molecule has 0 amide bonds. The minimum atomic E-state index is 0.706. The molecule has 0 aliphatic carbocycles. The van der Waals surface area contributed by atoms with E-state index in [2.05, 4.69) is 15.3 Å². The van der Waals surface area contributed by atoms with Crippen LogP contribution in [-0.2, 0) is 6.54 Å². The van der Waals surface area contributed by atoms with Crippen molar-refractivity contribution in [1.82, 2.24) is 9.97 Å². The molecule has 2 heterocycles. The van der Waals surface area contributed by atoms with Crippen LogP contribution in [0.15, 0.2) is 42.7 Å². The van der Waals surface area contributed by atoms with E-state index in [0.29, 0.717) is 6.54 Å². The molecule has 1 N–H and O–H groups in total. The van der Waals surface area contributed by atoms with Gasteiger partial charge in [0.25, 0.3) is 0 Å². The molecule has 2 rings (SSSR count). The highest BCUT2D eigenvalue weighted by atomic mass is 15.0. The van der Waals surface area contributed by atoms with Gasteiger partial charge in [-0.1, -0.05) is 19.9 Å². The molecular weight excluding hydrogens is 210 g/mol. The highest BCUT2D eigenvalue weighted by Crippen LogP contribution is 2.06. The zero-order valence-corrected chi connectivity index (χ0v) is 10.6. The first-order valence-corrected chi connectivity index (χ1v) is 5.91. The number of nitrogens with zero attached hydrogens (tertiary/aromatic N) is 2. The number of hydrogen-bond donors (Lipinski definition) is 1.